The summed E-state index contributed by atoms with van der Waals surface area (Å²) in [5.41, 5.74) is 0. The van der Waals surface area contributed by atoms with Crippen LogP contribution in [-0.2, 0) is 23.9 Å². The minimum absolute atomic E-state index is 0.0315. The molecular weight excluding hydrogens is 328 g/mol. The van der Waals surface area contributed by atoms with Gasteiger partial charge in [-0.15, -0.1) is 0 Å². The molecule has 1 aliphatic rings. The molecule has 0 aromatic rings. The van der Waals surface area contributed by atoms with Gasteiger partial charge in [0.1, 0.15) is 12.6 Å². The third-order valence-electron chi connectivity index (χ3n) is 4.05. The lowest BCUT2D eigenvalue weighted by molar-refractivity contribution is -0.152. The molecule has 8 nitrogen and oxygen atoms in total. The number of carbonyl (C=O) groups excluding carboxylic acids is 3. The number of ether oxygens (including phenoxy) is 1. The van der Waals surface area contributed by atoms with Gasteiger partial charge in [-0.2, -0.15) is 0 Å². The summed E-state index contributed by atoms with van der Waals surface area (Å²) in [4.78, 5) is 47.6. The molecule has 0 unspecified atom stereocenters. The first-order chi connectivity index (χ1) is 12.0. The van der Waals surface area contributed by atoms with Gasteiger partial charge in [-0.1, -0.05) is 19.8 Å². The molecule has 0 aromatic carbocycles. The van der Waals surface area contributed by atoms with Gasteiger partial charge in [-0.05, 0) is 25.7 Å². The Balaban J connectivity index is 2.36. The van der Waals surface area contributed by atoms with E-state index >= 15 is 0 Å². The van der Waals surface area contributed by atoms with Crippen molar-refractivity contribution in [3.63, 3.8) is 0 Å². The average Bonchev–Trinajstić information content (AvgIpc) is 2.92. The van der Waals surface area contributed by atoms with E-state index in [0.717, 1.165) is 19.3 Å². The Bertz CT molecular complexity index is 480. The van der Waals surface area contributed by atoms with Crippen LogP contribution < -0.4 is 5.32 Å². The number of rotatable bonds is 12. The van der Waals surface area contributed by atoms with Gasteiger partial charge < -0.3 is 20.1 Å². The van der Waals surface area contributed by atoms with Crippen molar-refractivity contribution < 1.29 is 29.0 Å². The Morgan fingerprint density at radius 3 is 2.68 bits per heavy atom. The quantitative estimate of drug-likeness (QED) is 0.400. The number of nitrogens with zero attached hydrogens (tertiary/aromatic N) is 1. The summed E-state index contributed by atoms with van der Waals surface area (Å²) >= 11 is 0. The van der Waals surface area contributed by atoms with Crippen molar-refractivity contribution in [3.05, 3.63) is 0 Å². The summed E-state index contributed by atoms with van der Waals surface area (Å²) in [6.45, 7) is 2.62. The minimum Gasteiger partial charge on any atom is -0.481 e. The molecule has 1 atom stereocenters. The second kappa shape index (κ2) is 11.4. The maximum absolute atomic E-state index is 12.1. The van der Waals surface area contributed by atoms with Crippen LogP contribution in [0.4, 0.5) is 0 Å². The Labute approximate surface area is 147 Å². The highest BCUT2D eigenvalue weighted by Crippen LogP contribution is 2.19. The molecule has 0 aliphatic carbocycles. The molecule has 0 radical (unpaired) electrons. The predicted molar refractivity (Wildman–Crippen MR) is 89.7 cm³/mol. The lowest BCUT2D eigenvalue weighted by Gasteiger charge is -2.22. The zero-order chi connectivity index (χ0) is 18.7. The van der Waals surface area contributed by atoms with Crippen molar-refractivity contribution in [1.29, 1.82) is 0 Å². The van der Waals surface area contributed by atoms with Crippen LogP contribution in [0.2, 0.25) is 0 Å². The van der Waals surface area contributed by atoms with Gasteiger partial charge in [0.15, 0.2) is 0 Å². The molecule has 1 fully saturated rings. The first-order valence-electron chi connectivity index (χ1n) is 8.90. The molecule has 1 saturated heterocycles. The highest BCUT2D eigenvalue weighted by Gasteiger charge is 2.38. The van der Waals surface area contributed by atoms with E-state index in [2.05, 4.69) is 12.2 Å². The van der Waals surface area contributed by atoms with Crippen molar-refractivity contribution in [1.82, 2.24) is 10.2 Å². The number of carbonyl (C=O) groups is 4. The van der Waals surface area contributed by atoms with E-state index in [-0.39, 0.29) is 37.8 Å². The van der Waals surface area contributed by atoms with Crippen LogP contribution in [0.1, 0.15) is 58.3 Å². The van der Waals surface area contributed by atoms with Gasteiger partial charge in [0.2, 0.25) is 11.8 Å². The van der Waals surface area contributed by atoms with Gasteiger partial charge in [0, 0.05) is 19.4 Å². The number of amides is 2. The fourth-order valence-electron chi connectivity index (χ4n) is 2.64. The molecule has 142 valence electrons. The molecule has 0 spiro atoms. The summed E-state index contributed by atoms with van der Waals surface area (Å²) in [5.74, 6) is -1.91. The molecule has 1 rings (SSSR count). The lowest BCUT2D eigenvalue weighted by atomic mass is 10.2. The normalized spacial score (nSPS) is 16.8. The molecule has 1 heterocycles. The smallest absolute Gasteiger partial charge is 0.328 e. The van der Waals surface area contributed by atoms with Crippen molar-refractivity contribution in [2.24, 2.45) is 0 Å². The van der Waals surface area contributed by atoms with Crippen LogP contribution in [-0.4, -0.2) is 59.5 Å². The molecule has 0 saturated carbocycles. The lowest BCUT2D eigenvalue weighted by Crippen LogP contribution is -2.45. The first kappa shape index (κ1) is 20.9. The van der Waals surface area contributed by atoms with E-state index in [1.54, 1.807) is 0 Å². The summed E-state index contributed by atoms with van der Waals surface area (Å²) < 4.78 is 5.12. The van der Waals surface area contributed by atoms with Gasteiger partial charge in [-0.25, -0.2) is 4.79 Å². The van der Waals surface area contributed by atoms with Crippen LogP contribution in [0, 0.1) is 0 Å². The minimum atomic E-state index is -0.885. The SMILES string of the molecule is CCCCCNC(=O)CN1C(=O)CC[C@H]1C(=O)OCCCCC(=O)O. The number of hydrogen-bond acceptors (Lipinski definition) is 5. The first-order valence-corrected chi connectivity index (χ1v) is 8.90. The average molecular weight is 356 g/mol. The maximum Gasteiger partial charge on any atom is 0.328 e. The maximum atomic E-state index is 12.1. The summed E-state index contributed by atoms with van der Waals surface area (Å²) in [5, 5.41) is 11.3. The highest BCUT2D eigenvalue weighted by atomic mass is 16.5. The Hall–Kier alpha value is -2.12. The van der Waals surface area contributed by atoms with E-state index in [4.69, 9.17) is 9.84 Å². The molecule has 25 heavy (non-hydrogen) atoms. The van der Waals surface area contributed by atoms with Crippen molar-refractivity contribution >= 4 is 23.8 Å². The van der Waals surface area contributed by atoms with Crippen molar-refractivity contribution in [3.8, 4) is 0 Å². The number of esters is 1. The number of carboxylic acids is 1. The van der Waals surface area contributed by atoms with E-state index in [9.17, 15) is 19.2 Å². The van der Waals surface area contributed by atoms with Gasteiger partial charge in [0.05, 0.1) is 6.61 Å². The molecule has 2 amide bonds. The molecular formula is C17H28N2O6. The van der Waals surface area contributed by atoms with Gasteiger partial charge >= 0.3 is 11.9 Å². The summed E-state index contributed by atoms with van der Waals surface area (Å²) in [7, 11) is 0. The van der Waals surface area contributed by atoms with E-state index < -0.39 is 18.0 Å². The summed E-state index contributed by atoms with van der Waals surface area (Å²) in [6.07, 6.45) is 4.45. The van der Waals surface area contributed by atoms with E-state index in [0.29, 0.717) is 25.8 Å². The van der Waals surface area contributed by atoms with Gasteiger partial charge in [0.25, 0.3) is 0 Å². The number of aliphatic carboxylic acids is 1. The fraction of sp³-hybridized carbons (Fsp3) is 0.765. The second-order valence-corrected chi connectivity index (χ2v) is 6.15. The zero-order valence-electron chi connectivity index (χ0n) is 14.8. The molecule has 0 aromatic heterocycles. The van der Waals surface area contributed by atoms with Crippen LogP contribution in [0.25, 0.3) is 0 Å². The van der Waals surface area contributed by atoms with Crippen molar-refractivity contribution in [2.45, 2.75) is 64.3 Å². The van der Waals surface area contributed by atoms with Crippen LogP contribution in [0.5, 0.6) is 0 Å². The molecule has 2 N–H and O–H groups in total. The monoisotopic (exact) mass is 356 g/mol. The largest absolute Gasteiger partial charge is 0.481 e. The Morgan fingerprint density at radius 1 is 1.24 bits per heavy atom. The third kappa shape index (κ3) is 8.00. The zero-order valence-corrected chi connectivity index (χ0v) is 14.8. The molecule has 8 heteroatoms. The van der Waals surface area contributed by atoms with Crippen LogP contribution in [0.3, 0.4) is 0 Å². The molecule has 0 bridgehead atoms. The van der Waals surface area contributed by atoms with Crippen LogP contribution >= 0.6 is 0 Å². The Kier molecular flexibility index (Phi) is 9.57. The summed E-state index contributed by atoms with van der Waals surface area (Å²) in [6, 6.07) is -0.728. The van der Waals surface area contributed by atoms with Crippen LogP contribution in [0.15, 0.2) is 0 Å². The predicted octanol–water partition coefficient (Wildman–Crippen LogP) is 1.08. The Morgan fingerprint density at radius 2 is 2.00 bits per heavy atom. The number of carboxylic acid groups (broad SMARTS) is 1. The second-order valence-electron chi connectivity index (χ2n) is 6.15. The number of likely N-dealkylation sites (tertiary alicyclic amines) is 1. The number of nitrogens with one attached hydrogen (secondary N) is 1. The topological polar surface area (TPSA) is 113 Å². The van der Waals surface area contributed by atoms with E-state index in [1.165, 1.54) is 4.90 Å². The van der Waals surface area contributed by atoms with Gasteiger partial charge in [-0.3, -0.25) is 14.4 Å². The number of unbranched alkanes of at least 4 members (excludes halogenated alkanes) is 3. The van der Waals surface area contributed by atoms with Crippen molar-refractivity contribution in [2.75, 3.05) is 19.7 Å². The fourth-order valence-corrected chi connectivity index (χ4v) is 2.64. The standard InChI is InChI=1S/C17H28N2O6/c1-2-3-5-10-18-14(20)12-19-13(8-9-15(19)21)17(24)25-11-6-4-7-16(22)23/h13H,2-12H2,1H3,(H,18,20)(H,22,23)/t13-/m0/s1. The van der Waals surface area contributed by atoms with E-state index in [1.807, 2.05) is 0 Å². The number of hydrogen-bond donors (Lipinski definition) is 2. The molecule has 1 aliphatic heterocycles. The third-order valence-corrected chi connectivity index (χ3v) is 4.05. The highest BCUT2D eigenvalue weighted by molar-refractivity contribution is 5.91.